The Balaban J connectivity index is 1.75. The van der Waals surface area contributed by atoms with Gasteiger partial charge in [0.2, 0.25) is 11.8 Å². The minimum absolute atomic E-state index is 0.244. The summed E-state index contributed by atoms with van der Waals surface area (Å²) in [4.78, 5) is 25.3. The van der Waals surface area contributed by atoms with E-state index in [-0.39, 0.29) is 11.8 Å². The number of nitrogens with one attached hydrogen (secondary N) is 2. The monoisotopic (exact) mass is 363 g/mol. The molecule has 1 atom stereocenters. The molecule has 0 radical (unpaired) electrons. The summed E-state index contributed by atoms with van der Waals surface area (Å²) in [5, 5.41) is 9.15. The van der Waals surface area contributed by atoms with Crippen molar-refractivity contribution < 1.29 is 14.1 Å². The molecule has 1 heterocycles. The van der Waals surface area contributed by atoms with Crippen LogP contribution in [-0.2, 0) is 9.59 Å². The summed E-state index contributed by atoms with van der Waals surface area (Å²) < 4.78 is 4.93. The quantitative estimate of drug-likeness (QED) is 0.704. The molecule has 3 aromatic rings. The van der Waals surface area contributed by atoms with Gasteiger partial charge in [-0.25, -0.2) is 0 Å². The van der Waals surface area contributed by atoms with Crippen LogP contribution in [0.15, 0.2) is 71.3 Å². The molecular formula is C21H21N3O3. The molecule has 1 aromatic heterocycles. The fourth-order valence-corrected chi connectivity index (χ4v) is 2.81. The zero-order valence-corrected chi connectivity index (χ0v) is 15.2. The minimum Gasteiger partial charge on any atom is -0.360 e. The van der Waals surface area contributed by atoms with Gasteiger partial charge in [-0.15, -0.1) is 0 Å². The lowest BCUT2D eigenvalue weighted by Crippen LogP contribution is -2.43. The van der Waals surface area contributed by atoms with E-state index in [0.29, 0.717) is 11.6 Å². The predicted molar refractivity (Wildman–Crippen MR) is 102 cm³/mol. The van der Waals surface area contributed by atoms with Crippen LogP contribution >= 0.6 is 0 Å². The van der Waals surface area contributed by atoms with Crippen molar-refractivity contribution in [3.8, 4) is 0 Å². The van der Waals surface area contributed by atoms with Crippen LogP contribution in [0.25, 0.3) is 0 Å². The Kier molecular flexibility index (Phi) is 5.66. The first-order valence-corrected chi connectivity index (χ1v) is 8.69. The van der Waals surface area contributed by atoms with Gasteiger partial charge >= 0.3 is 0 Å². The zero-order valence-electron chi connectivity index (χ0n) is 15.2. The SMILES string of the molecule is Cc1cc(NC(=O)[C@H](C)NC(=O)C(c2ccccc2)c2ccccc2)no1. The van der Waals surface area contributed by atoms with E-state index in [2.05, 4.69) is 15.8 Å². The molecule has 6 nitrogen and oxygen atoms in total. The number of carbonyl (C=O) groups is 2. The van der Waals surface area contributed by atoms with Crippen LogP contribution in [0.4, 0.5) is 5.82 Å². The maximum Gasteiger partial charge on any atom is 0.247 e. The second-order valence-electron chi connectivity index (χ2n) is 6.30. The van der Waals surface area contributed by atoms with E-state index in [0.717, 1.165) is 11.1 Å². The van der Waals surface area contributed by atoms with E-state index in [1.54, 1.807) is 19.9 Å². The molecular weight excluding hydrogens is 342 g/mol. The number of nitrogens with zero attached hydrogens (tertiary/aromatic N) is 1. The van der Waals surface area contributed by atoms with Crippen molar-refractivity contribution in [2.45, 2.75) is 25.8 Å². The summed E-state index contributed by atoms with van der Waals surface area (Å²) >= 11 is 0. The van der Waals surface area contributed by atoms with Crippen molar-refractivity contribution in [2.75, 3.05) is 5.32 Å². The summed E-state index contributed by atoms with van der Waals surface area (Å²) in [6.07, 6.45) is 0. The second-order valence-corrected chi connectivity index (χ2v) is 6.30. The minimum atomic E-state index is -0.732. The van der Waals surface area contributed by atoms with Gasteiger partial charge in [0.25, 0.3) is 0 Å². The summed E-state index contributed by atoms with van der Waals surface area (Å²) in [5.74, 6) is -0.198. The average molecular weight is 363 g/mol. The van der Waals surface area contributed by atoms with Gasteiger partial charge in [-0.2, -0.15) is 0 Å². The van der Waals surface area contributed by atoms with Gasteiger partial charge in [0.15, 0.2) is 5.82 Å². The maximum absolute atomic E-state index is 13.0. The van der Waals surface area contributed by atoms with Gasteiger partial charge in [0.05, 0.1) is 5.92 Å². The lowest BCUT2D eigenvalue weighted by molar-refractivity contribution is -0.126. The second kappa shape index (κ2) is 8.31. The average Bonchev–Trinajstić information content (AvgIpc) is 3.08. The highest BCUT2D eigenvalue weighted by Gasteiger charge is 2.26. The first kappa shape index (κ1) is 18.4. The molecule has 0 unspecified atom stereocenters. The van der Waals surface area contributed by atoms with Crippen molar-refractivity contribution in [3.05, 3.63) is 83.6 Å². The number of anilines is 1. The Morgan fingerprint density at radius 3 is 1.96 bits per heavy atom. The van der Waals surface area contributed by atoms with E-state index in [4.69, 9.17) is 4.52 Å². The molecule has 2 aromatic carbocycles. The Morgan fingerprint density at radius 2 is 1.48 bits per heavy atom. The van der Waals surface area contributed by atoms with Crippen molar-refractivity contribution in [3.63, 3.8) is 0 Å². The van der Waals surface area contributed by atoms with E-state index < -0.39 is 12.0 Å². The molecule has 27 heavy (non-hydrogen) atoms. The van der Waals surface area contributed by atoms with Crippen LogP contribution in [-0.4, -0.2) is 23.0 Å². The van der Waals surface area contributed by atoms with Gasteiger partial charge in [-0.3, -0.25) is 9.59 Å². The number of benzene rings is 2. The molecule has 0 fully saturated rings. The molecule has 0 aliphatic heterocycles. The zero-order chi connectivity index (χ0) is 19.2. The smallest absolute Gasteiger partial charge is 0.247 e. The van der Waals surface area contributed by atoms with E-state index >= 15 is 0 Å². The number of aryl methyl sites for hydroxylation is 1. The summed E-state index contributed by atoms with van der Waals surface area (Å²) in [6.45, 7) is 3.37. The molecule has 0 spiro atoms. The third-order valence-electron chi connectivity index (χ3n) is 4.16. The molecule has 0 bridgehead atoms. The predicted octanol–water partition coefficient (Wildman–Crippen LogP) is 3.26. The highest BCUT2D eigenvalue weighted by Crippen LogP contribution is 2.24. The molecule has 138 valence electrons. The highest BCUT2D eigenvalue weighted by atomic mass is 16.5. The van der Waals surface area contributed by atoms with Crippen LogP contribution in [0, 0.1) is 6.92 Å². The molecule has 0 saturated carbocycles. The molecule has 0 aliphatic rings. The van der Waals surface area contributed by atoms with Crippen LogP contribution in [0.1, 0.15) is 29.7 Å². The van der Waals surface area contributed by atoms with Gasteiger partial charge in [-0.1, -0.05) is 65.8 Å². The van der Waals surface area contributed by atoms with Crippen LogP contribution in [0.2, 0.25) is 0 Å². The van der Waals surface area contributed by atoms with Crippen molar-refractivity contribution >= 4 is 17.6 Å². The molecule has 0 aliphatic carbocycles. The van der Waals surface area contributed by atoms with Crippen molar-refractivity contribution in [1.82, 2.24) is 10.5 Å². The van der Waals surface area contributed by atoms with E-state index in [1.165, 1.54) is 0 Å². The standard InChI is InChI=1S/C21H21N3O3/c1-14-13-18(24-27-14)23-20(25)15(2)22-21(26)19(16-9-5-3-6-10-16)17-11-7-4-8-12-17/h3-13,15,19H,1-2H3,(H,22,26)(H,23,24,25)/t15-/m0/s1. The van der Waals surface area contributed by atoms with Crippen molar-refractivity contribution in [2.24, 2.45) is 0 Å². The Hall–Kier alpha value is -3.41. The fraction of sp³-hybridized carbons (Fsp3) is 0.190. The number of rotatable bonds is 6. The maximum atomic E-state index is 13.0. The molecule has 3 rings (SSSR count). The normalized spacial score (nSPS) is 11.8. The number of hydrogen-bond acceptors (Lipinski definition) is 4. The number of amides is 2. The first-order valence-electron chi connectivity index (χ1n) is 8.69. The number of hydrogen-bond donors (Lipinski definition) is 2. The number of carbonyl (C=O) groups excluding carboxylic acids is 2. The summed E-state index contributed by atoms with van der Waals surface area (Å²) in [6, 6.07) is 19.9. The van der Waals surface area contributed by atoms with E-state index in [9.17, 15) is 9.59 Å². The summed E-state index contributed by atoms with van der Waals surface area (Å²) in [5.41, 5.74) is 1.72. The fourth-order valence-electron chi connectivity index (χ4n) is 2.81. The van der Waals surface area contributed by atoms with Gasteiger partial charge in [-0.05, 0) is 25.0 Å². The lowest BCUT2D eigenvalue weighted by Gasteiger charge is -2.20. The molecule has 0 saturated heterocycles. The lowest BCUT2D eigenvalue weighted by atomic mass is 9.90. The third kappa shape index (κ3) is 4.61. The van der Waals surface area contributed by atoms with Gasteiger partial charge < -0.3 is 15.2 Å². The third-order valence-corrected chi connectivity index (χ3v) is 4.16. The molecule has 6 heteroatoms. The largest absolute Gasteiger partial charge is 0.360 e. The van der Waals surface area contributed by atoms with Gasteiger partial charge in [0, 0.05) is 6.07 Å². The first-order chi connectivity index (χ1) is 13.0. The summed E-state index contributed by atoms with van der Waals surface area (Å²) in [7, 11) is 0. The Labute approximate surface area is 157 Å². The highest BCUT2D eigenvalue weighted by molar-refractivity contribution is 5.97. The topological polar surface area (TPSA) is 84.2 Å². The van der Waals surface area contributed by atoms with Gasteiger partial charge in [0.1, 0.15) is 11.8 Å². The van der Waals surface area contributed by atoms with Crippen LogP contribution < -0.4 is 10.6 Å². The molecule has 2 N–H and O–H groups in total. The molecule has 2 amide bonds. The van der Waals surface area contributed by atoms with Crippen molar-refractivity contribution in [1.29, 1.82) is 0 Å². The number of aromatic nitrogens is 1. The van der Waals surface area contributed by atoms with Crippen LogP contribution in [0.3, 0.4) is 0 Å². The Bertz CT molecular complexity index is 867. The Morgan fingerprint density at radius 1 is 0.926 bits per heavy atom. The van der Waals surface area contributed by atoms with E-state index in [1.807, 2.05) is 60.7 Å². The van der Waals surface area contributed by atoms with Crippen LogP contribution in [0.5, 0.6) is 0 Å².